The molecule has 0 atom stereocenters. The van der Waals surface area contributed by atoms with Crippen LogP contribution in [0.15, 0.2) is 64.2 Å². The molecular weight excluding hydrogens is 308 g/mol. The molecule has 6 heteroatoms. The van der Waals surface area contributed by atoms with E-state index in [1.54, 1.807) is 24.3 Å². The number of hydrogen-bond acceptors (Lipinski definition) is 4. The highest BCUT2D eigenvalue weighted by atomic mass is 16.5. The topological polar surface area (TPSA) is 84.2 Å². The fourth-order valence-electron chi connectivity index (χ4n) is 2.04. The monoisotopic (exact) mass is 324 g/mol. The van der Waals surface area contributed by atoms with Gasteiger partial charge in [0.05, 0.1) is 5.69 Å². The molecule has 0 aliphatic rings. The first-order chi connectivity index (χ1) is 11.6. The zero-order valence-corrected chi connectivity index (χ0v) is 13.0. The Morgan fingerprint density at radius 3 is 2.04 bits per heavy atom. The average Bonchev–Trinajstić information content (AvgIpc) is 2.59. The Morgan fingerprint density at radius 1 is 0.833 bits per heavy atom. The second-order valence-electron chi connectivity index (χ2n) is 5.29. The molecule has 0 amide bonds. The van der Waals surface area contributed by atoms with Gasteiger partial charge in [-0.1, -0.05) is 17.7 Å². The molecular formula is C18H16N2O4. The Balaban J connectivity index is 1.61. The molecule has 1 aromatic heterocycles. The van der Waals surface area contributed by atoms with Gasteiger partial charge < -0.3 is 9.47 Å². The number of benzene rings is 2. The third kappa shape index (κ3) is 3.92. The van der Waals surface area contributed by atoms with E-state index in [2.05, 4.69) is 10.2 Å². The molecule has 0 saturated carbocycles. The SMILES string of the molecule is Cc1ccc(Oc2ccc(OCc3cc(=O)c(=O)[nH][nH]3)cc2)cc1. The largest absolute Gasteiger partial charge is 0.487 e. The minimum atomic E-state index is -0.684. The lowest BCUT2D eigenvalue weighted by molar-refractivity contribution is 0.299. The molecule has 1 heterocycles. The highest BCUT2D eigenvalue weighted by molar-refractivity contribution is 5.36. The van der Waals surface area contributed by atoms with Crippen LogP contribution in [0, 0.1) is 6.92 Å². The highest BCUT2D eigenvalue weighted by Gasteiger charge is 2.01. The molecule has 0 aliphatic heterocycles. The Hall–Kier alpha value is -3.28. The van der Waals surface area contributed by atoms with Crippen LogP contribution in [0.2, 0.25) is 0 Å². The van der Waals surface area contributed by atoms with Crippen molar-refractivity contribution in [3.8, 4) is 17.2 Å². The van der Waals surface area contributed by atoms with E-state index in [-0.39, 0.29) is 6.61 Å². The molecule has 0 spiro atoms. The second kappa shape index (κ2) is 6.87. The van der Waals surface area contributed by atoms with E-state index in [1.807, 2.05) is 31.2 Å². The molecule has 0 radical (unpaired) electrons. The standard InChI is InChI=1S/C18H16N2O4/c1-12-2-4-15(5-3-12)24-16-8-6-14(7-9-16)23-11-13-10-17(21)18(22)20-19-13/h2-10H,11H2,1H3,(H,19,21)(H,20,22). The van der Waals surface area contributed by atoms with Gasteiger partial charge in [-0.25, -0.2) is 0 Å². The third-order valence-electron chi connectivity index (χ3n) is 3.34. The van der Waals surface area contributed by atoms with Crippen molar-refractivity contribution in [2.45, 2.75) is 13.5 Å². The Bertz CT molecular complexity index is 925. The number of hydrogen-bond donors (Lipinski definition) is 2. The van der Waals surface area contributed by atoms with Gasteiger partial charge in [-0.15, -0.1) is 0 Å². The van der Waals surface area contributed by atoms with Crippen LogP contribution in [0.25, 0.3) is 0 Å². The normalized spacial score (nSPS) is 10.4. The summed E-state index contributed by atoms with van der Waals surface area (Å²) in [6.07, 6.45) is 0. The third-order valence-corrected chi connectivity index (χ3v) is 3.34. The first kappa shape index (κ1) is 15.6. The van der Waals surface area contributed by atoms with Crippen molar-refractivity contribution in [1.29, 1.82) is 0 Å². The number of H-pyrrole nitrogens is 2. The van der Waals surface area contributed by atoms with Crippen molar-refractivity contribution >= 4 is 0 Å². The zero-order valence-electron chi connectivity index (χ0n) is 13.0. The van der Waals surface area contributed by atoms with Crippen LogP contribution < -0.4 is 20.5 Å². The van der Waals surface area contributed by atoms with Crippen LogP contribution in [0.3, 0.4) is 0 Å². The molecule has 3 rings (SSSR count). The Labute approximate surface area is 137 Å². The summed E-state index contributed by atoms with van der Waals surface area (Å²) in [7, 11) is 0. The number of ether oxygens (including phenoxy) is 2. The van der Waals surface area contributed by atoms with E-state index in [4.69, 9.17) is 9.47 Å². The van der Waals surface area contributed by atoms with E-state index in [0.717, 1.165) is 5.75 Å². The molecule has 24 heavy (non-hydrogen) atoms. The maximum absolute atomic E-state index is 11.3. The van der Waals surface area contributed by atoms with Crippen LogP contribution in [-0.2, 0) is 6.61 Å². The molecule has 0 saturated heterocycles. The predicted octanol–water partition coefficient (Wildman–Crippen LogP) is 2.74. The van der Waals surface area contributed by atoms with Gasteiger partial charge in [-0.2, -0.15) is 0 Å². The fraction of sp³-hybridized carbons (Fsp3) is 0.111. The van der Waals surface area contributed by atoms with Crippen LogP contribution in [-0.4, -0.2) is 10.2 Å². The van der Waals surface area contributed by atoms with Gasteiger partial charge >= 0.3 is 5.56 Å². The van der Waals surface area contributed by atoms with Gasteiger partial charge in [0.15, 0.2) is 0 Å². The van der Waals surface area contributed by atoms with E-state index < -0.39 is 11.0 Å². The highest BCUT2D eigenvalue weighted by Crippen LogP contribution is 2.24. The quantitative estimate of drug-likeness (QED) is 0.707. The van der Waals surface area contributed by atoms with Gasteiger partial charge in [-0.3, -0.25) is 19.8 Å². The number of aryl methyl sites for hydroxylation is 1. The number of rotatable bonds is 5. The van der Waals surface area contributed by atoms with E-state index >= 15 is 0 Å². The van der Waals surface area contributed by atoms with Crippen molar-refractivity contribution in [3.63, 3.8) is 0 Å². The first-order valence-electron chi connectivity index (χ1n) is 7.38. The summed E-state index contributed by atoms with van der Waals surface area (Å²) in [5.74, 6) is 2.09. The molecule has 2 N–H and O–H groups in total. The average molecular weight is 324 g/mol. The Morgan fingerprint density at radius 2 is 1.42 bits per heavy atom. The van der Waals surface area contributed by atoms with Gasteiger partial charge in [-0.05, 0) is 43.3 Å². The molecule has 0 aliphatic carbocycles. The fourth-order valence-corrected chi connectivity index (χ4v) is 2.04. The van der Waals surface area contributed by atoms with Crippen molar-refractivity contribution in [3.05, 3.63) is 86.4 Å². The minimum Gasteiger partial charge on any atom is -0.487 e. The van der Waals surface area contributed by atoms with Crippen LogP contribution >= 0.6 is 0 Å². The van der Waals surface area contributed by atoms with Crippen molar-refractivity contribution in [2.75, 3.05) is 0 Å². The maximum Gasteiger partial charge on any atom is 0.310 e. The summed E-state index contributed by atoms with van der Waals surface area (Å²) < 4.78 is 11.3. The van der Waals surface area contributed by atoms with Gasteiger partial charge in [0.25, 0.3) is 0 Å². The second-order valence-corrected chi connectivity index (χ2v) is 5.29. The molecule has 6 nitrogen and oxygen atoms in total. The van der Waals surface area contributed by atoms with Crippen molar-refractivity contribution in [1.82, 2.24) is 10.2 Å². The first-order valence-corrected chi connectivity index (χ1v) is 7.38. The van der Waals surface area contributed by atoms with E-state index in [9.17, 15) is 9.59 Å². The van der Waals surface area contributed by atoms with Crippen LogP contribution in [0.1, 0.15) is 11.3 Å². The van der Waals surface area contributed by atoms with Gasteiger partial charge in [0, 0.05) is 6.07 Å². The number of aromatic amines is 2. The lowest BCUT2D eigenvalue weighted by Crippen LogP contribution is -2.28. The summed E-state index contributed by atoms with van der Waals surface area (Å²) in [6.45, 7) is 2.16. The van der Waals surface area contributed by atoms with Crippen LogP contribution in [0.5, 0.6) is 17.2 Å². The lowest BCUT2D eigenvalue weighted by Gasteiger charge is -2.08. The molecule has 0 fully saturated rings. The molecule has 0 unspecified atom stereocenters. The van der Waals surface area contributed by atoms with Gasteiger partial charge in [0.1, 0.15) is 23.9 Å². The minimum absolute atomic E-state index is 0.143. The maximum atomic E-state index is 11.3. The molecule has 3 aromatic rings. The molecule has 0 bridgehead atoms. The summed E-state index contributed by atoms with van der Waals surface area (Å²) in [6, 6.07) is 16.1. The van der Waals surface area contributed by atoms with Crippen molar-refractivity contribution < 1.29 is 9.47 Å². The lowest BCUT2D eigenvalue weighted by atomic mass is 10.2. The summed E-state index contributed by atoms with van der Waals surface area (Å²) >= 11 is 0. The van der Waals surface area contributed by atoms with Gasteiger partial charge in [0.2, 0.25) is 5.43 Å². The summed E-state index contributed by atoms with van der Waals surface area (Å²) in [5.41, 5.74) is 0.372. The van der Waals surface area contributed by atoms with E-state index in [0.29, 0.717) is 17.2 Å². The van der Waals surface area contributed by atoms with E-state index in [1.165, 1.54) is 11.6 Å². The number of aromatic nitrogens is 2. The predicted molar refractivity (Wildman–Crippen MR) is 89.7 cm³/mol. The number of nitrogens with one attached hydrogen (secondary N) is 2. The zero-order chi connectivity index (χ0) is 16.9. The Kier molecular flexibility index (Phi) is 4.47. The summed E-state index contributed by atoms with van der Waals surface area (Å²) in [5, 5.41) is 4.86. The summed E-state index contributed by atoms with van der Waals surface area (Å²) in [4.78, 5) is 22.3. The molecule has 2 aromatic carbocycles. The smallest absolute Gasteiger partial charge is 0.310 e. The van der Waals surface area contributed by atoms with Crippen LogP contribution in [0.4, 0.5) is 0 Å². The van der Waals surface area contributed by atoms with Crippen molar-refractivity contribution in [2.24, 2.45) is 0 Å². The molecule has 122 valence electrons.